The summed E-state index contributed by atoms with van der Waals surface area (Å²) in [7, 11) is 1.82. The largest absolute Gasteiger partial charge is 0.478 e. The van der Waals surface area contributed by atoms with Crippen molar-refractivity contribution in [2.75, 3.05) is 13.6 Å². The van der Waals surface area contributed by atoms with Crippen LogP contribution in [-0.4, -0.2) is 29.2 Å². The van der Waals surface area contributed by atoms with Crippen LogP contribution in [0.5, 0.6) is 0 Å². The fraction of sp³-hybridized carbons (Fsp3) is 0.200. The maximum Gasteiger partial charge on any atom is 0.335 e. The molecular weight excluding hydrogens is 288 g/mol. The number of likely N-dealkylation sites (N-methyl/N-ethyl adjacent to an activating group) is 1. The lowest BCUT2D eigenvalue weighted by molar-refractivity contribution is 0.0697. The van der Waals surface area contributed by atoms with Gasteiger partial charge in [0.25, 0.3) is 5.56 Å². The van der Waals surface area contributed by atoms with Crippen molar-refractivity contribution in [2.24, 2.45) is 0 Å². The number of nitrogens with zero attached hydrogens (tertiary/aromatic N) is 1. The number of fused-ring (bicyclic) bond motifs is 3. The SMILES string of the molecule is CNCCn1c(=O)c2ccsc2c2ccc(C(=O)O)cc21. The van der Waals surface area contributed by atoms with E-state index in [1.54, 1.807) is 22.8 Å². The average Bonchev–Trinajstić information content (AvgIpc) is 2.96. The number of benzene rings is 1. The lowest BCUT2D eigenvalue weighted by atomic mass is 10.1. The Balaban J connectivity index is 2.41. The normalized spacial score (nSPS) is 11.3. The van der Waals surface area contributed by atoms with Crippen molar-refractivity contribution in [3.05, 3.63) is 45.6 Å². The van der Waals surface area contributed by atoms with Gasteiger partial charge in [0.15, 0.2) is 0 Å². The van der Waals surface area contributed by atoms with Crippen molar-refractivity contribution < 1.29 is 9.90 Å². The molecule has 0 unspecified atom stereocenters. The van der Waals surface area contributed by atoms with Crippen LogP contribution >= 0.6 is 11.3 Å². The van der Waals surface area contributed by atoms with Gasteiger partial charge >= 0.3 is 5.97 Å². The molecule has 108 valence electrons. The van der Waals surface area contributed by atoms with Crippen LogP contribution in [-0.2, 0) is 6.54 Å². The number of carboxylic acids is 1. The van der Waals surface area contributed by atoms with Crippen molar-refractivity contribution in [1.29, 1.82) is 0 Å². The third-order valence-corrected chi connectivity index (χ3v) is 4.45. The molecule has 0 aliphatic rings. The molecule has 6 heteroatoms. The highest BCUT2D eigenvalue weighted by Crippen LogP contribution is 2.28. The zero-order valence-electron chi connectivity index (χ0n) is 11.4. The third-order valence-electron chi connectivity index (χ3n) is 3.51. The predicted molar refractivity (Wildman–Crippen MR) is 84.5 cm³/mol. The molecule has 3 rings (SSSR count). The molecule has 5 nitrogen and oxygen atoms in total. The van der Waals surface area contributed by atoms with Crippen LogP contribution in [0.1, 0.15) is 10.4 Å². The van der Waals surface area contributed by atoms with Gasteiger partial charge in [-0.25, -0.2) is 4.79 Å². The first-order valence-corrected chi connectivity index (χ1v) is 7.43. The minimum Gasteiger partial charge on any atom is -0.478 e. The Labute approximate surface area is 124 Å². The zero-order valence-corrected chi connectivity index (χ0v) is 12.2. The Bertz CT molecular complexity index is 895. The molecule has 0 spiro atoms. The molecular formula is C15H14N2O3S. The highest BCUT2D eigenvalue weighted by Gasteiger charge is 2.13. The summed E-state index contributed by atoms with van der Waals surface area (Å²) in [6, 6.07) is 6.76. The molecule has 0 atom stereocenters. The van der Waals surface area contributed by atoms with Gasteiger partial charge in [-0.05, 0) is 30.6 Å². The van der Waals surface area contributed by atoms with E-state index >= 15 is 0 Å². The Morgan fingerprint density at radius 3 is 2.86 bits per heavy atom. The summed E-state index contributed by atoms with van der Waals surface area (Å²) in [6.45, 7) is 1.14. The molecule has 0 radical (unpaired) electrons. The van der Waals surface area contributed by atoms with Crippen molar-refractivity contribution in [1.82, 2.24) is 9.88 Å². The molecule has 0 fully saturated rings. The Morgan fingerprint density at radius 2 is 2.14 bits per heavy atom. The fourth-order valence-corrected chi connectivity index (χ4v) is 3.39. The molecule has 2 heterocycles. The number of aromatic nitrogens is 1. The molecule has 2 aromatic heterocycles. The van der Waals surface area contributed by atoms with Crippen molar-refractivity contribution >= 4 is 38.3 Å². The Hall–Kier alpha value is -2.18. The maximum absolute atomic E-state index is 12.6. The lowest BCUT2D eigenvalue weighted by Crippen LogP contribution is -2.25. The summed E-state index contributed by atoms with van der Waals surface area (Å²) in [5.41, 5.74) is 0.789. The number of carboxylic acid groups (broad SMARTS) is 1. The monoisotopic (exact) mass is 302 g/mol. The molecule has 0 amide bonds. The molecule has 0 bridgehead atoms. The van der Waals surface area contributed by atoms with Crippen LogP contribution in [0.15, 0.2) is 34.4 Å². The summed E-state index contributed by atoms with van der Waals surface area (Å²) < 4.78 is 2.56. The Morgan fingerprint density at radius 1 is 1.33 bits per heavy atom. The van der Waals surface area contributed by atoms with Crippen molar-refractivity contribution in [3.8, 4) is 0 Å². The van der Waals surface area contributed by atoms with Gasteiger partial charge in [-0.15, -0.1) is 11.3 Å². The van der Waals surface area contributed by atoms with E-state index in [1.807, 2.05) is 18.5 Å². The highest BCUT2D eigenvalue weighted by atomic mass is 32.1. The number of carbonyl (C=O) groups is 1. The van der Waals surface area contributed by atoms with Crippen LogP contribution in [0.3, 0.4) is 0 Å². The van der Waals surface area contributed by atoms with Crippen LogP contribution in [0, 0.1) is 0 Å². The van der Waals surface area contributed by atoms with Gasteiger partial charge in [0.05, 0.1) is 16.5 Å². The highest BCUT2D eigenvalue weighted by molar-refractivity contribution is 7.18. The zero-order chi connectivity index (χ0) is 15.0. The van der Waals surface area contributed by atoms with E-state index < -0.39 is 5.97 Å². The summed E-state index contributed by atoms with van der Waals surface area (Å²) in [5.74, 6) is -0.990. The second kappa shape index (κ2) is 5.31. The first-order chi connectivity index (χ1) is 10.1. The first-order valence-electron chi connectivity index (χ1n) is 6.55. The number of hydrogen-bond donors (Lipinski definition) is 2. The number of thiophene rings is 1. The van der Waals surface area contributed by atoms with E-state index in [4.69, 9.17) is 5.11 Å². The summed E-state index contributed by atoms with van der Waals surface area (Å²) in [6.07, 6.45) is 0. The number of aromatic carboxylic acids is 1. The van der Waals surface area contributed by atoms with Crippen molar-refractivity contribution in [2.45, 2.75) is 6.54 Å². The summed E-state index contributed by atoms with van der Waals surface area (Å²) >= 11 is 1.50. The first kappa shape index (κ1) is 13.8. The average molecular weight is 302 g/mol. The van der Waals surface area contributed by atoms with Gasteiger partial charge in [-0.2, -0.15) is 0 Å². The quantitative estimate of drug-likeness (QED) is 0.774. The Kier molecular flexibility index (Phi) is 3.48. The van der Waals surface area contributed by atoms with E-state index in [0.29, 0.717) is 24.0 Å². The number of rotatable bonds is 4. The molecule has 21 heavy (non-hydrogen) atoms. The van der Waals surface area contributed by atoms with E-state index in [0.717, 1.165) is 10.1 Å². The molecule has 2 N–H and O–H groups in total. The number of pyridine rings is 1. The second-order valence-electron chi connectivity index (χ2n) is 4.76. The lowest BCUT2D eigenvalue weighted by Gasteiger charge is -2.12. The summed E-state index contributed by atoms with van der Waals surface area (Å²) in [4.78, 5) is 23.8. The molecule has 1 aromatic carbocycles. The molecule has 0 saturated heterocycles. The maximum atomic E-state index is 12.6. The second-order valence-corrected chi connectivity index (χ2v) is 5.68. The molecule has 0 aliphatic heterocycles. The van der Waals surface area contributed by atoms with E-state index in [1.165, 1.54) is 11.3 Å². The van der Waals surface area contributed by atoms with Gasteiger partial charge in [0.2, 0.25) is 0 Å². The number of hydrogen-bond acceptors (Lipinski definition) is 4. The van der Waals surface area contributed by atoms with Gasteiger partial charge in [0.1, 0.15) is 0 Å². The minimum atomic E-state index is -0.990. The smallest absolute Gasteiger partial charge is 0.335 e. The topological polar surface area (TPSA) is 71.3 Å². The van der Waals surface area contributed by atoms with E-state index in [2.05, 4.69) is 5.32 Å². The third kappa shape index (κ3) is 2.22. The van der Waals surface area contributed by atoms with Gasteiger partial charge < -0.3 is 15.0 Å². The number of nitrogens with one attached hydrogen (secondary N) is 1. The van der Waals surface area contributed by atoms with Crippen molar-refractivity contribution in [3.63, 3.8) is 0 Å². The fourth-order valence-electron chi connectivity index (χ4n) is 2.47. The van der Waals surface area contributed by atoms with Crippen LogP contribution in [0.25, 0.3) is 21.0 Å². The van der Waals surface area contributed by atoms with Gasteiger partial charge in [-0.3, -0.25) is 4.79 Å². The predicted octanol–water partition coefficient (Wildman–Crippen LogP) is 2.13. The van der Waals surface area contributed by atoms with E-state index in [9.17, 15) is 9.59 Å². The summed E-state index contributed by atoms with van der Waals surface area (Å²) in [5, 5.41) is 15.7. The van der Waals surface area contributed by atoms with Crippen LogP contribution < -0.4 is 10.9 Å². The van der Waals surface area contributed by atoms with Gasteiger partial charge in [-0.1, -0.05) is 6.07 Å². The van der Waals surface area contributed by atoms with Gasteiger partial charge in [0, 0.05) is 23.2 Å². The molecule has 0 aliphatic carbocycles. The molecule has 3 aromatic rings. The standard InChI is InChI=1S/C15H14N2O3S/c1-16-5-6-17-12-8-9(15(19)20)2-3-10(12)13-11(14(17)18)4-7-21-13/h2-4,7-8,16H,5-6H2,1H3,(H,19,20). The molecule has 0 saturated carbocycles. The minimum absolute atomic E-state index is 0.0726. The van der Waals surface area contributed by atoms with Crippen LogP contribution in [0.2, 0.25) is 0 Å². The van der Waals surface area contributed by atoms with E-state index in [-0.39, 0.29) is 11.1 Å². The van der Waals surface area contributed by atoms with Crippen LogP contribution in [0.4, 0.5) is 0 Å².